The first-order chi connectivity index (χ1) is 11.0. The second kappa shape index (κ2) is 7.18. The summed E-state index contributed by atoms with van der Waals surface area (Å²) in [6.07, 6.45) is -0.705. The van der Waals surface area contributed by atoms with E-state index in [4.69, 9.17) is 10.00 Å². The van der Waals surface area contributed by atoms with Crippen LogP contribution in [-0.4, -0.2) is 10.9 Å². The van der Waals surface area contributed by atoms with E-state index in [9.17, 15) is 14.9 Å². The Balaban J connectivity index is 2.21. The second-order valence-electron chi connectivity index (χ2n) is 4.96. The Bertz CT molecular complexity index is 735. The first-order valence-electron chi connectivity index (χ1n) is 6.93. The number of nitro benzene ring substituents is 1. The molecule has 0 unspecified atom stereocenters. The van der Waals surface area contributed by atoms with E-state index >= 15 is 0 Å². The Morgan fingerprint density at radius 3 is 2.30 bits per heavy atom. The Hall–Kier alpha value is -3.20. The summed E-state index contributed by atoms with van der Waals surface area (Å²) in [6, 6.07) is 16.2. The maximum Gasteiger partial charge on any atom is 0.338 e. The number of nitrogens with zero attached hydrogens (tertiary/aromatic N) is 2. The lowest BCUT2D eigenvalue weighted by atomic mass is 9.98. The van der Waals surface area contributed by atoms with Gasteiger partial charge in [0.25, 0.3) is 5.69 Å². The van der Waals surface area contributed by atoms with Crippen molar-refractivity contribution in [3.8, 4) is 6.07 Å². The predicted octanol–water partition coefficient (Wildman–Crippen LogP) is 3.65. The van der Waals surface area contributed by atoms with Crippen LogP contribution in [0.2, 0.25) is 0 Å². The van der Waals surface area contributed by atoms with Crippen LogP contribution in [0.1, 0.15) is 28.9 Å². The van der Waals surface area contributed by atoms with Gasteiger partial charge in [0, 0.05) is 12.1 Å². The van der Waals surface area contributed by atoms with E-state index in [1.165, 1.54) is 24.3 Å². The molecule has 0 bridgehead atoms. The van der Waals surface area contributed by atoms with Crippen molar-refractivity contribution >= 4 is 11.7 Å². The number of rotatable bonds is 5. The molecule has 0 aromatic heterocycles. The van der Waals surface area contributed by atoms with Crippen LogP contribution in [0.3, 0.4) is 0 Å². The first-order valence-corrected chi connectivity index (χ1v) is 6.93. The molecule has 116 valence electrons. The number of benzene rings is 2. The minimum atomic E-state index is -0.705. The summed E-state index contributed by atoms with van der Waals surface area (Å²) in [5.74, 6) is -1.16. The Kier molecular flexibility index (Phi) is 5.05. The van der Waals surface area contributed by atoms with Crippen molar-refractivity contribution in [3.05, 3.63) is 75.8 Å². The molecule has 0 spiro atoms. The summed E-state index contributed by atoms with van der Waals surface area (Å²) in [4.78, 5) is 22.3. The average Bonchev–Trinajstić information content (AvgIpc) is 2.59. The molecule has 0 amide bonds. The summed E-state index contributed by atoms with van der Waals surface area (Å²) >= 11 is 0. The smallest absolute Gasteiger partial charge is 0.338 e. The number of esters is 1. The Morgan fingerprint density at radius 1 is 1.17 bits per heavy atom. The third kappa shape index (κ3) is 3.92. The molecule has 0 saturated heterocycles. The number of ether oxygens (including phenoxy) is 1. The van der Waals surface area contributed by atoms with Crippen molar-refractivity contribution in [2.45, 2.75) is 13.0 Å². The number of non-ortho nitro benzene ring substituents is 1. The van der Waals surface area contributed by atoms with Crippen LogP contribution in [0.15, 0.2) is 54.6 Å². The van der Waals surface area contributed by atoms with Crippen molar-refractivity contribution < 1.29 is 14.5 Å². The van der Waals surface area contributed by atoms with Crippen molar-refractivity contribution in [1.82, 2.24) is 0 Å². The molecule has 0 saturated carbocycles. The van der Waals surface area contributed by atoms with Crippen molar-refractivity contribution in [2.24, 2.45) is 5.92 Å². The van der Waals surface area contributed by atoms with Crippen LogP contribution in [0.4, 0.5) is 5.69 Å². The number of hydrogen-bond acceptors (Lipinski definition) is 5. The fraction of sp³-hybridized carbons (Fsp3) is 0.176. The lowest BCUT2D eigenvalue weighted by Gasteiger charge is -2.20. The van der Waals surface area contributed by atoms with Crippen LogP contribution in [-0.2, 0) is 4.74 Å². The number of nitro groups is 1. The van der Waals surface area contributed by atoms with Crippen LogP contribution in [0.5, 0.6) is 0 Å². The number of nitriles is 1. The molecular weight excluding hydrogens is 296 g/mol. The van der Waals surface area contributed by atoms with Crippen LogP contribution < -0.4 is 0 Å². The molecule has 6 nitrogen and oxygen atoms in total. The first kappa shape index (κ1) is 16.2. The van der Waals surface area contributed by atoms with E-state index in [0.717, 1.165) is 5.56 Å². The summed E-state index contributed by atoms with van der Waals surface area (Å²) in [7, 11) is 0. The zero-order valence-corrected chi connectivity index (χ0v) is 12.4. The van der Waals surface area contributed by atoms with Gasteiger partial charge in [-0.1, -0.05) is 30.3 Å². The SMILES string of the molecule is C[C@@H](C#N)[C@H](OC(=O)c1ccc([N+](=O)[O-])cc1)c1ccccc1. The maximum atomic E-state index is 12.2. The highest BCUT2D eigenvalue weighted by molar-refractivity contribution is 5.89. The standard InChI is InChI=1S/C17H14N2O4/c1-12(11-18)16(13-5-3-2-4-6-13)23-17(20)14-7-9-15(10-8-14)19(21)22/h2-10,12,16H,1H3/t12-,16-/m0/s1. The summed E-state index contributed by atoms with van der Waals surface area (Å²) in [5, 5.41) is 19.8. The van der Waals surface area contributed by atoms with Gasteiger partial charge in [0.05, 0.1) is 22.5 Å². The number of carbonyl (C=O) groups is 1. The quantitative estimate of drug-likeness (QED) is 0.477. The third-order valence-corrected chi connectivity index (χ3v) is 3.33. The minimum Gasteiger partial charge on any atom is -0.452 e. The highest BCUT2D eigenvalue weighted by Gasteiger charge is 2.24. The fourth-order valence-corrected chi connectivity index (χ4v) is 2.07. The molecule has 23 heavy (non-hydrogen) atoms. The zero-order chi connectivity index (χ0) is 16.8. The van der Waals surface area contributed by atoms with E-state index in [1.54, 1.807) is 31.2 Å². The highest BCUT2D eigenvalue weighted by atomic mass is 16.6. The van der Waals surface area contributed by atoms with E-state index < -0.39 is 22.9 Å². The molecule has 2 aromatic rings. The zero-order valence-electron chi connectivity index (χ0n) is 12.4. The minimum absolute atomic E-state index is 0.105. The molecule has 0 N–H and O–H groups in total. The van der Waals surface area contributed by atoms with Crippen molar-refractivity contribution in [1.29, 1.82) is 5.26 Å². The number of carbonyl (C=O) groups excluding carboxylic acids is 1. The maximum absolute atomic E-state index is 12.2. The van der Waals surface area contributed by atoms with E-state index in [0.29, 0.717) is 0 Å². The lowest BCUT2D eigenvalue weighted by molar-refractivity contribution is -0.384. The topological polar surface area (TPSA) is 93.2 Å². The van der Waals surface area contributed by atoms with Gasteiger partial charge in [-0.05, 0) is 24.6 Å². The van der Waals surface area contributed by atoms with E-state index in [1.807, 2.05) is 6.07 Å². The van der Waals surface area contributed by atoms with E-state index in [2.05, 4.69) is 6.07 Å². The van der Waals surface area contributed by atoms with Gasteiger partial charge in [-0.3, -0.25) is 10.1 Å². The van der Waals surface area contributed by atoms with Gasteiger partial charge < -0.3 is 4.74 Å². The van der Waals surface area contributed by atoms with Gasteiger partial charge in [0.1, 0.15) is 6.10 Å². The largest absolute Gasteiger partial charge is 0.452 e. The summed E-state index contributed by atoms with van der Waals surface area (Å²) in [5.41, 5.74) is 0.810. The average molecular weight is 310 g/mol. The highest BCUT2D eigenvalue weighted by Crippen LogP contribution is 2.27. The molecule has 0 heterocycles. The molecular formula is C17H14N2O4. The van der Waals surface area contributed by atoms with Crippen molar-refractivity contribution in [3.63, 3.8) is 0 Å². The molecule has 0 fully saturated rings. The molecule has 0 aliphatic carbocycles. The summed E-state index contributed by atoms with van der Waals surface area (Å²) < 4.78 is 5.44. The Morgan fingerprint density at radius 2 is 1.78 bits per heavy atom. The van der Waals surface area contributed by atoms with Gasteiger partial charge in [0.2, 0.25) is 0 Å². The second-order valence-corrected chi connectivity index (χ2v) is 4.96. The van der Waals surface area contributed by atoms with Crippen LogP contribution >= 0.6 is 0 Å². The monoisotopic (exact) mass is 310 g/mol. The molecule has 2 aromatic carbocycles. The molecule has 0 aliphatic heterocycles. The number of hydrogen-bond donors (Lipinski definition) is 0. The predicted molar refractivity (Wildman–Crippen MR) is 82.5 cm³/mol. The molecule has 0 radical (unpaired) electrons. The molecule has 0 aliphatic rings. The van der Waals surface area contributed by atoms with Gasteiger partial charge in [-0.25, -0.2) is 4.79 Å². The van der Waals surface area contributed by atoms with Gasteiger partial charge in [0.15, 0.2) is 0 Å². The van der Waals surface area contributed by atoms with Gasteiger partial charge >= 0.3 is 5.97 Å². The third-order valence-electron chi connectivity index (χ3n) is 3.33. The Labute approximate surface area is 133 Å². The molecule has 2 rings (SSSR count). The fourth-order valence-electron chi connectivity index (χ4n) is 2.07. The normalized spacial score (nSPS) is 12.7. The van der Waals surface area contributed by atoms with E-state index in [-0.39, 0.29) is 11.3 Å². The summed E-state index contributed by atoms with van der Waals surface area (Å²) in [6.45, 7) is 1.67. The van der Waals surface area contributed by atoms with Gasteiger partial charge in [-0.2, -0.15) is 5.26 Å². The molecule has 6 heteroatoms. The molecule has 2 atom stereocenters. The lowest BCUT2D eigenvalue weighted by Crippen LogP contribution is -2.17. The van der Waals surface area contributed by atoms with Gasteiger partial charge in [-0.15, -0.1) is 0 Å². The van der Waals surface area contributed by atoms with Crippen LogP contribution in [0, 0.1) is 27.4 Å². The van der Waals surface area contributed by atoms with Crippen molar-refractivity contribution in [2.75, 3.05) is 0 Å². The van der Waals surface area contributed by atoms with Crippen LogP contribution in [0.25, 0.3) is 0 Å².